The summed E-state index contributed by atoms with van der Waals surface area (Å²) in [6.45, 7) is 4.09. The van der Waals surface area contributed by atoms with E-state index >= 15 is 0 Å². The van der Waals surface area contributed by atoms with Crippen molar-refractivity contribution >= 4 is 27.3 Å². The molecule has 0 aliphatic heterocycles. The molecule has 164 valence electrons. The first-order chi connectivity index (χ1) is 14.8. The number of carbonyl (C=O) groups is 1. The maximum absolute atomic E-state index is 12.5. The van der Waals surface area contributed by atoms with E-state index in [0.717, 1.165) is 17.5 Å². The van der Waals surface area contributed by atoms with Gasteiger partial charge in [0.25, 0.3) is 0 Å². The molecule has 8 heteroatoms. The Labute approximate surface area is 187 Å². The molecule has 0 saturated heterocycles. The lowest BCUT2D eigenvalue weighted by Gasteiger charge is -2.06. The summed E-state index contributed by atoms with van der Waals surface area (Å²) in [5.41, 5.74) is 3.30. The van der Waals surface area contributed by atoms with Crippen molar-refractivity contribution in [3.05, 3.63) is 76.1 Å². The van der Waals surface area contributed by atoms with Crippen molar-refractivity contribution in [2.45, 2.75) is 32.4 Å². The monoisotopic (exact) mass is 460 g/mol. The molecule has 0 spiro atoms. The number of benzene rings is 2. The first-order valence-corrected chi connectivity index (χ1v) is 12.2. The Kier molecular flexibility index (Phi) is 7.51. The Morgan fingerprint density at radius 2 is 1.71 bits per heavy atom. The second-order valence-electron chi connectivity index (χ2n) is 7.33. The molecule has 1 heterocycles. The number of oxazole rings is 1. The second kappa shape index (κ2) is 10.1. The van der Waals surface area contributed by atoms with Gasteiger partial charge in [0.05, 0.1) is 11.4 Å². The largest absolute Gasteiger partial charge is 0.441 e. The van der Waals surface area contributed by atoms with Crippen LogP contribution in [0.5, 0.6) is 0 Å². The summed E-state index contributed by atoms with van der Waals surface area (Å²) in [5.74, 6) is -0.676. The Hall–Kier alpha value is -2.64. The number of hydrogen-bond donors (Lipinski definition) is 1. The molecule has 3 aromatic rings. The number of sulfone groups is 1. The van der Waals surface area contributed by atoms with E-state index in [0.29, 0.717) is 35.3 Å². The molecule has 2 aromatic carbocycles. The quantitative estimate of drug-likeness (QED) is 0.518. The molecule has 0 radical (unpaired) electrons. The zero-order chi connectivity index (χ0) is 22.4. The van der Waals surface area contributed by atoms with Crippen molar-refractivity contribution in [3.8, 4) is 11.5 Å². The number of rotatable bonds is 9. The topological polar surface area (TPSA) is 89.3 Å². The maximum atomic E-state index is 12.5. The standard InChI is InChI=1S/C23H25ClN2O4S/c1-3-17-4-8-19(9-5-17)23-26-21(16(2)30-23)14-31(28,29)15-22(27)25-13-12-18-6-10-20(24)11-7-18/h4-11H,3,12-15H2,1-2H3,(H,25,27). The molecule has 1 aromatic heterocycles. The van der Waals surface area contributed by atoms with Crippen molar-refractivity contribution in [1.82, 2.24) is 10.3 Å². The summed E-state index contributed by atoms with van der Waals surface area (Å²) in [5, 5.41) is 3.29. The zero-order valence-electron chi connectivity index (χ0n) is 17.5. The fourth-order valence-electron chi connectivity index (χ4n) is 3.08. The third kappa shape index (κ3) is 6.67. The van der Waals surface area contributed by atoms with Gasteiger partial charge in [-0.2, -0.15) is 0 Å². The van der Waals surface area contributed by atoms with Crippen LogP contribution in [0, 0.1) is 6.92 Å². The third-order valence-electron chi connectivity index (χ3n) is 4.86. The minimum atomic E-state index is -3.69. The van der Waals surface area contributed by atoms with Crippen LogP contribution in [0.25, 0.3) is 11.5 Å². The van der Waals surface area contributed by atoms with Gasteiger partial charge in [-0.15, -0.1) is 0 Å². The van der Waals surface area contributed by atoms with Crippen LogP contribution in [0.1, 0.15) is 29.5 Å². The molecular weight excluding hydrogens is 436 g/mol. The smallest absolute Gasteiger partial charge is 0.235 e. The van der Waals surface area contributed by atoms with Crippen LogP contribution in [0.4, 0.5) is 0 Å². The molecule has 0 atom stereocenters. The Balaban J connectivity index is 1.56. The van der Waals surface area contributed by atoms with Gasteiger partial charge in [-0.25, -0.2) is 13.4 Å². The number of hydrogen-bond acceptors (Lipinski definition) is 5. The summed E-state index contributed by atoms with van der Waals surface area (Å²) in [7, 11) is -3.69. The average Bonchev–Trinajstić information content (AvgIpc) is 3.08. The van der Waals surface area contributed by atoms with E-state index in [9.17, 15) is 13.2 Å². The van der Waals surface area contributed by atoms with E-state index in [1.807, 2.05) is 36.4 Å². The minimum absolute atomic E-state index is 0.323. The number of carbonyl (C=O) groups excluding carboxylic acids is 1. The van der Waals surface area contributed by atoms with E-state index in [2.05, 4.69) is 17.2 Å². The fourth-order valence-corrected chi connectivity index (χ4v) is 4.49. The molecule has 0 aliphatic rings. The third-order valence-corrected chi connectivity index (χ3v) is 6.53. The molecule has 6 nitrogen and oxygen atoms in total. The van der Waals surface area contributed by atoms with Gasteiger partial charge in [-0.3, -0.25) is 4.79 Å². The summed E-state index contributed by atoms with van der Waals surface area (Å²) >= 11 is 5.85. The van der Waals surface area contributed by atoms with Gasteiger partial charge >= 0.3 is 0 Å². The lowest BCUT2D eigenvalue weighted by atomic mass is 10.1. The first kappa shape index (κ1) is 23.0. The van der Waals surface area contributed by atoms with Crippen LogP contribution in [-0.2, 0) is 33.2 Å². The molecule has 0 fully saturated rings. The number of aromatic nitrogens is 1. The molecule has 0 bridgehead atoms. The van der Waals surface area contributed by atoms with Crippen molar-refractivity contribution in [3.63, 3.8) is 0 Å². The molecule has 0 aliphatic carbocycles. The molecule has 3 rings (SSSR count). The van der Waals surface area contributed by atoms with Gasteiger partial charge in [0.1, 0.15) is 11.5 Å². The number of amides is 1. The highest BCUT2D eigenvalue weighted by Gasteiger charge is 2.22. The minimum Gasteiger partial charge on any atom is -0.441 e. The summed E-state index contributed by atoms with van der Waals surface area (Å²) in [4.78, 5) is 16.5. The molecule has 1 N–H and O–H groups in total. The van der Waals surface area contributed by atoms with E-state index < -0.39 is 21.5 Å². The van der Waals surface area contributed by atoms with Gasteiger partial charge in [0.15, 0.2) is 9.84 Å². The van der Waals surface area contributed by atoms with Crippen LogP contribution in [-0.4, -0.2) is 31.6 Å². The number of nitrogens with zero attached hydrogens (tertiary/aromatic N) is 1. The van der Waals surface area contributed by atoms with Crippen LogP contribution in [0.2, 0.25) is 5.02 Å². The normalized spacial score (nSPS) is 11.5. The number of halogens is 1. The van der Waals surface area contributed by atoms with Crippen molar-refractivity contribution < 1.29 is 17.6 Å². The van der Waals surface area contributed by atoms with Gasteiger partial charge in [0.2, 0.25) is 11.8 Å². The maximum Gasteiger partial charge on any atom is 0.235 e. The lowest BCUT2D eigenvalue weighted by Crippen LogP contribution is -2.32. The Morgan fingerprint density at radius 3 is 2.35 bits per heavy atom. The van der Waals surface area contributed by atoms with Crippen LogP contribution in [0.3, 0.4) is 0 Å². The van der Waals surface area contributed by atoms with E-state index in [1.165, 1.54) is 5.56 Å². The Morgan fingerprint density at radius 1 is 1.06 bits per heavy atom. The van der Waals surface area contributed by atoms with Crippen molar-refractivity contribution in [2.75, 3.05) is 12.3 Å². The van der Waals surface area contributed by atoms with Crippen LogP contribution < -0.4 is 5.32 Å². The van der Waals surface area contributed by atoms with Crippen molar-refractivity contribution in [1.29, 1.82) is 0 Å². The van der Waals surface area contributed by atoms with Gasteiger partial charge in [0, 0.05) is 17.1 Å². The molecule has 31 heavy (non-hydrogen) atoms. The SMILES string of the molecule is CCc1ccc(-c2nc(CS(=O)(=O)CC(=O)NCCc3ccc(Cl)cc3)c(C)o2)cc1. The molecule has 0 saturated carbocycles. The fraction of sp³-hybridized carbons (Fsp3) is 0.304. The zero-order valence-corrected chi connectivity index (χ0v) is 19.1. The van der Waals surface area contributed by atoms with Crippen molar-refractivity contribution in [2.24, 2.45) is 0 Å². The predicted molar refractivity (Wildman–Crippen MR) is 122 cm³/mol. The van der Waals surface area contributed by atoms with E-state index in [4.69, 9.17) is 16.0 Å². The molecule has 0 unspecified atom stereocenters. The predicted octanol–water partition coefficient (Wildman–Crippen LogP) is 4.14. The highest BCUT2D eigenvalue weighted by atomic mass is 35.5. The summed E-state index contributed by atoms with van der Waals surface area (Å²) < 4.78 is 30.7. The number of aryl methyl sites for hydroxylation is 2. The lowest BCUT2D eigenvalue weighted by molar-refractivity contribution is -0.118. The summed E-state index contributed by atoms with van der Waals surface area (Å²) in [6.07, 6.45) is 1.52. The number of nitrogens with one attached hydrogen (secondary N) is 1. The average molecular weight is 461 g/mol. The van der Waals surface area contributed by atoms with Gasteiger partial charge in [-0.05, 0) is 55.2 Å². The molecular formula is C23H25ClN2O4S. The van der Waals surface area contributed by atoms with Gasteiger partial charge < -0.3 is 9.73 Å². The highest BCUT2D eigenvalue weighted by Crippen LogP contribution is 2.23. The second-order valence-corrected chi connectivity index (χ2v) is 9.83. The van der Waals surface area contributed by atoms with Gasteiger partial charge in [-0.1, -0.05) is 42.8 Å². The van der Waals surface area contributed by atoms with Crippen LogP contribution in [0.15, 0.2) is 52.9 Å². The van der Waals surface area contributed by atoms with Crippen LogP contribution >= 0.6 is 11.6 Å². The summed E-state index contributed by atoms with van der Waals surface area (Å²) in [6, 6.07) is 15.1. The highest BCUT2D eigenvalue weighted by molar-refractivity contribution is 7.91. The first-order valence-electron chi connectivity index (χ1n) is 10.0. The Bertz CT molecular complexity index is 1140. The van der Waals surface area contributed by atoms with E-state index in [1.54, 1.807) is 19.1 Å². The van der Waals surface area contributed by atoms with E-state index in [-0.39, 0.29) is 5.75 Å². The molecule has 1 amide bonds.